The highest BCUT2D eigenvalue weighted by atomic mass is 32.2. The summed E-state index contributed by atoms with van der Waals surface area (Å²) in [7, 11) is 0. The minimum absolute atomic E-state index is 0.647. The quantitative estimate of drug-likeness (QED) is 0.852. The number of aryl methyl sites for hydroxylation is 1. The fourth-order valence-electron chi connectivity index (χ4n) is 3.49. The molecule has 2 aromatic heterocycles. The second-order valence-electron chi connectivity index (χ2n) is 5.95. The van der Waals surface area contributed by atoms with E-state index < -0.39 is 0 Å². The lowest BCUT2D eigenvalue weighted by Crippen LogP contribution is -2.51. The molecule has 4 rings (SSSR count). The van der Waals surface area contributed by atoms with Crippen LogP contribution in [0.25, 0.3) is 5.65 Å². The minimum Gasteiger partial charge on any atom is -0.380 e. The molecule has 0 N–H and O–H groups in total. The molecule has 5 heteroatoms. The van der Waals surface area contributed by atoms with E-state index >= 15 is 0 Å². The zero-order valence-electron chi connectivity index (χ0n) is 12.4. The van der Waals surface area contributed by atoms with Crippen LogP contribution in [0.2, 0.25) is 0 Å². The van der Waals surface area contributed by atoms with Crippen molar-refractivity contribution < 1.29 is 4.74 Å². The lowest BCUT2D eigenvalue weighted by atomic mass is 10.1. The smallest absolute Gasteiger partial charge is 0.139 e. The number of fused-ring (bicyclic) bond motifs is 2. The fourth-order valence-corrected chi connectivity index (χ4v) is 4.85. The number of rotatable bonds is 2. The second-order valence-corrected chi connectivity index (χ2v) is 7.29. The first-order chi connectivity index (χ1) is 10.3. The summed E-state index contributed by atoms with van der Waals surface area (Å²) in [4.78, 5) is 7.23. The SMILES string of the molecule is Cc1cccn2c(CN3CCS[C@H]4COCC[C@H]43)cnc12. The third-order valence-corrected chi connectivity index (χ3v) is 5.92. The zero-order chi connectivity index (χ0) is 14.2. The molecule has 0 bridgehead atoms. The molecule has 0 saturated carbocycles. The Hall–Kier alpha value is -1.04. The minimum atomic E-state index is 0.647. The molecule has 112 valence electrons. The normalized spacial score (nSPS) is 26.9. The summed E-state index contributed by atoms with van der Waals surface area (Å²) in [5, 5.41) is 0.647. The van der Waals surface area contributed by atoms with E-state index in [4.69, 9.17) is 4.74 Å². The third-order valence-electron chi connectivity index (χ3n) is 4.62. The number of thioether (sulfide) groups is 1. The monoisotopic (exact) mass is 303 g/mol. The van der Waals surface area contributed by atoms with Crippen LogP contribution in [-0.4, -0.2) is 51.1 Å². The van der Waals surface area contributed by atoms with Gasteiger partial charge in [-0.15, -0.1) is 0 Å². The van der Waals surface area contributed by atoms with E-state index in [0.717, 1.165) is 31.8 Å². The highest BCUT2D eigenvalue weighted by Gasteiger charge is 2.34. The first-order valence-electron chi connectivity index (χ1n) is 7.68. The molecule has 2 aromatic rings. The van der Waals surface area contributed by atoms with Crippen molar-refractivity contribution in [3.63, 3.8) is 0 Å². The van der Waals surface area contributed by atoms with Crippen LogP contribution in [-0.2, 0) is 11.3 Å². The van der Waals surface area contributed by atoms with Crippen LogP contribution < -0.4 is 0 Å². The Kier molecular flexibility index (Phi) is 3.65. The number of imidazole rings is 1. The molecule has 2 fully saturated rings. The fraction of sp³-hybridized carbons (Fsp3) is 0.562. The number of nitrogens with zero attached hydrogens (tertiary/aromatic N) is 3. The van der Waals surface area contributed by atoms with Gasteiger partial charge in [0.05, 0.1) is 18.5 Å². The van der Waals surface area contributed by atoms with Crippen LogP contribution in [0.5, 0.6) is 0 Å². The molecular weight excluding hydrogens is 282 g/mol. The standard InChI is InChI=1S/C16H21N3OS/c1-12-3-2-5-19-13(9-17-16(12)19)10-18-6-8-21-15-11-20-7-4-14(15)18/h2-3,5,9,14-15H,4,6-8,10-11H2,1H3/t14-,15+/m1/s1. The Morgan fingerprint density at radius 1 is 1.48 bits per heavy atom. The van der Waals surface area contributed by atoms with Gasteiger partial charge in [0.25, 0.3) is 0 Å². The summed E-state index contributed by atoms with van der Waals surface area (Å²) in [6.07, 6.45) is 5.33. The van der Waals surface area contributed by atoms with E-state index in [1.165, 1.54) is 23.6 Å². The van der Waals surface area contributed by atoms with Crippen LogP contribution in [0, 0.1) is 6.92 Å². The first-order valence-corrected chi connectivity index (χ1v) is 8.73. The summed E-state index contributed by atoms with van der Waals surface area (Å²) in [6.45, 7) is 6.11. The predicted octanol–water partition coefficient (Wildman–Crippen LogP) is 2.35. The number of hydrogen-bond donors (Lipinski definition) is 0. The van der Waals surface area contributed by atoms with Crippen molar-refractivity contribution in [1.82, 2.24) is 14.3 Å². The van der Waals surface area contributed by atoms with Crippen molar-refractivity contribution in [3.8, 4) is 0 Å². The highest BCUT2D eigenvalue weighted by Crippen LogP contribution is 2.31. The van der Waals surface area contributed by atoms with Gasteiger partial charge in [-0.05, 0) is 25.0 Å². The highest BCUT2D eigenvalue weighted by molar-refractivity contribution is 8.00. The largest absolute Gasteiger partial charge is 0.380 e. The third kappa shape index (κ3) is 2.47. The molecular formula is C16H21N3OS. The van der Waals surface area contributed by atoms with E-state index in [2.05, 4.69) is 51.3 Å². The van der Waals surface area contributed by atoms with Crippen LogP contribution in [0.3, 0.4) is 0 Å². The van der Waals surface area contributed by atoms with E-state index in [0.29, 0.717) is 11.3 Å². The summed E-state index contributed by atoms with van der Waals surface area (Å²) < 4.78 is 7.88. The topological polar surface area (TPSA) is 29.8 Å². The Labute approximate surface area is 129 Å². The van der Waals surface area contributed by atoms with Crippen molar-refractivity contribution in [2.75, 3.05) is 25.5 Å². The van der Waals surface area contributed by atoms with Gasteiger partial charge >= 0.3 is 0 Å². The Morgan fingerprint density at radius 3 is 3.38 bits per heavy atom. The van der Waals surface area contributed by atoms with Gasteiger partial charge in [-0.1, -0.05) is 6.07 Å². The summed E-state index contributed by atoms with van der Waals surface area (Å²) >= 11 is 2.08. The van der Waals surface area contributed by atoms with Gasteiger partial charge in [0.1, 0.15) is 5.65 Å². The average molecular weight is 303 g/mol. The molecule has 0 aliphatic carbocycles. The van der Waals surface area contributed by atoms with Gasteiger partial charge in [-0.2, -0.15) is 11.8 Å². The summed E-state index contributed by atoms with van der Waals surface area (Å²) in [6, 6.07) is 4.89. The first kappa shape index (κ1) is 13.6. The zero-order valence-corrected chi connectivity index (χ0v) is 13.2. The van der Waals surface area contributed by atoms with Crippen molar-refractivity contribution in [1.29, 1.82) is 0 Å². The maximum Gasteiger partial charge on any atom is 0.139 e. The van der Waals surface area contributed by atoms with Crippen LogP contribution in [0.15, 0.2) is 24.5 Å². The molecule has 0 spiro atoms. The van der Waals surface area contributed by atoms with Crippen LogP contribution in [0.1, 0.15) is 17.7 Å². The molecule has 0 radical (unpaired) electrons. The molecule has 2 aliphatic heterocycles. The van der Waals surface area contributed by atoms with Gasteiger partial charge in [-0.3, -0.25) is 4.90 Å². The Bertz CT molecular complexity index is 639. The van der Waals surface area contributed by atoms with E-state index in [-0.39, 0.29) is 0 Å². The van der Waals surface area contributed by atoms with Crippen LogP contribution >= 0.6 is 11.8 Å². The summed E-state index contributed by atoms with van der Waals surface area (Å²) in [5.74, 6) is 1.21. The summed E-state index contributed by atoms with van der Waals surface area (Å²) in [5.41, 5.74) is 3.62. The lowest BCUT2D eigenvalue weighted by Gasteiger charge is -2.43. The van der Waals surface area contributed by atoms with E-state index in [1.54, 1.807) is 0 Å². The molecule has 2 saturated heterocycles. The number of pyridine rings is 1. The molecule has 0 amide bonds. The predicted molar refractivity (Wildman–Crippen MR) is 85.8 cm³/mol. The number of ether oxygens (including phenoxy) is 1. The van der Waals surface area contributed by atoms with Crippen LogP contribution in [0.4, 0.5) is 0 Å². The van der Waals surface area contributed by atoms with Gasteiger partial charge in [0.15, 0.2) is 0 Å². The van der Waals surface area contributed by atoms with Gasteiger partial charge < -0.3 is 9.14 Å². The van der Waals surface area contributed by atoms with Gasteiger partial charge in [-0.25, -0.2) is 4.98 Å². The number of hydrogen-bond acceptors (Lipinski definition) is 4. The van der Waals surface area contributed by atoms with Gasteiger partial charge in [0, 0.05) is 42.9 Å². The van der Waals surface area contributed by atoms with Gasteiger partial charge in [0.2, 0.25) is 0 Å². The maximum atomic E-state index is 5.64. The Balaban J connectivity index is 1.60. The molecule has 4 nitrogen and oxygen atoms in total. The molecule has 2 aliphatic rings. The van der Waals surface area contributed by atoms with Crippen molar-refractivity contribution >= 4 is 17.4 Å². The molecule has 0 aromatic carbocycles. The molecule has 21 heavy (non-hydrogen) atoms. The molecule has 4 heterocycles. The van der Waals surface area contributed by atoms with Crippen molar-refractivity contribution in [2.24, 2.45) is 0 Å². The second kappa shape index (κ2) is 5.63. The molecule has 2 atom stereocenters. The maximum absolute atomic E-state index is 5.64. The molecule has 0 unspecified atom stereocenters. The van der Waals surface area contributed by atoms with Crippen molar-refractivity contribution in [3.05, 3.63) is 35.8 Å². The lowest BCUT2D eigenvalue weighted by molar-refractivity contribution is 0.0346. The average Bonchev–Trinajstić information content (AvgIpc) is 2.92. The van der Waals surface area contributed by atoms with Crippen molar-refractivity contribution in [2.45, 2.75) is 31.2 Å². The Morgan fingerprint density at radius 2 is 2.43 bits per heavy atom. The number of aromatic nitrogens is 2. The van der Waals surface area contributed by atoms with E-state index in [9.17, 15) is 0 Å². The van der Waals surface area contributed by atoms with E-state index in [1.807, 2.05) is 6.20 Å².